The molecule has 0 aromatic heterocycles. The van der Waals surface area contributed by atoms with Crippen molar-refractivity contribution < 1.29 is 9.84 Å². The Balaban J connectivity index is 3.50. The van der Waals surface area contributed by atoms with Gasteiger partial charge in [0.05, 0.1) is 12.7 Å². The maximum atomic E-state index is 9.10. The van der Waals surface area contributed by atoms with Gasteiger partial charge in [0.15, 0.2) is 0 Å². The highest BCUT2D eigenvalue weighted by atomic mass is 16.5. The lowest BCUT2D eigenvalue weighted by atomic mass is 10.1. The van der Waals surface area contributed by atoms with Crippen LogP contribution in [-0.2, 0) is 4.74 Å². The number of aliphatic hydroxyl groups excluding tert-OH is 1. The first-order valence-electron chi connectivity index (χ1n) is 5.61. The third-order valence-corrected chi connectivity index (χ3v) is 2.27. The maximum absolute atomic E-state index is 9.10. The second-order valence-corrected chi connectivity index (χ2v) is 3.89. The van der Waals surface area contributed by atoms with Crippen molar-refractivity contribution in [1.82, 2.24) is 5.32 Å². The van der Waals surface area contributed by atoms with Gasteiger partial charge in [-0.15, -0.1) is 0 Å². The minimum atomic E-state index is -0.211. The summed E-state index contributed by atoms with van der Waals surface area (Å²) >= 11 is 0. The van der Waals surface area contributed by atoms with Crippen molar-refractivity contribution in [2.45, 2.75) is 51.7 Å². The summed E-state index contributed by atoms with van der Waals surface area (Å²) in [6, 6.07) is 0.443. The van der Waals surface area contributed by atoms with E-state index in [-0.39, 0.29) is 6.10 Å². The van der Waals surface area contributed by atoms with E-state index in [0.29, 0.717) is 6.04 Å². The zero-order valence-corrected chi connectivity index (χ0v) is 9.75. The van der Waals surface area contributed by atoms with Crippen molar-refractivity contribution in [2.24, 2.45) is 0 Å². The van der Waals surface area contributed by atoms with Crippen LogP contribution in [-0.4, -0.2) is 37.5 Å². The third kappa shape index (κ3) is 8.48. The topological polar surface area (TPSA) is 41.5 Å². The first kappa shape index (κ1) is 13.9. The number of ether oxygens (including phenoxy) is 1. The number of nitrogens with one attached hydrogen (secondary N) is 1. The molecule has 0 bridgehead atoms. The van der Waals surface area contributed by atoms with Gasteiger partial charge in [0, 0.05) is 13.2 Å². The highest BCUT2D eigenvalue weighted by molar-refractivity contribution is 4.66. The molecular weight excluding hydrogens is 178 g/mol. The Morgan fingerprint density at radius 2 is 2.07 bits per heavy atom. The van der Waals surface area contributed by atoms with Crippen LogP contribution >= 0.6 is 0 Å². The van der Waals surface area contributed by atoms with Gasteiger partial charge in [-0.05, 0) is 26.3 Å². The van der Waals surface area contributed by atoms with Gasteiger partial charge in [0.1, 0.15) is 0 Å². The molecule has 0 radical (unpaired) electrons. The van der Waals surface area contributed by atoms with Crippen LogP contribution in [0.25, 0.3) is 0 Å². The lowest BCUT2D eigenvalue weighted by molar-refractivity contribution is 0.151. The molecule has 2 atom stereocenters. The first-order valence-corrected chi connectivity index (χ1v) is 5.61. The summed E-state index contributed by atoms with van der Waals surface area (Å²) in [4.78, 5) is 0. The third-order valence-electron chi connectivity index (χ3n) is 2.27. The minimum absolute atomic E-state index is 0.211. The molecule has 2 N–H and O–H groups in total. The molecular formula is C11H25NO2. The number of methoxy groups -OCH3 is 1. The lowest BCUT2D eigenvalue weighted by Gasteiger charge is -2.18. The average Bonchev–Trinajstić information content (AvgIpc) is 2.13. The van der Waals surface area contributed by atoms with Crippen LogP contribution < -0.4 is 5.32 Å². The minimum Gasteiger partial charge on any atom is -0.393 e. The number of hydrogen-bond donors (Lipinski definition) is 2. The molecule has 0 aliphatic carbocycles. The van der Waals surface area contributed by atoms with Gasteiger partial charge in [-0.3, -0.25) is 0 Å². The quantitative estimate of drug-likeness (QED) is 0.597. The molecule has 0 rings (SSSR count). The molecule has 0 aromatic carbocycles. The van der Waals surface area contributed by atoms with Crippen LogP contribution in [0, 0.1) is 0 Å². The number of hydrogen-bond acceptors (Lipinski definition) is 3. The second-order valence-electron chi connectivity index (χ2n) is 3.89. The largest absolute Gasteiger partial charge is 0.393 e. The highest BCUT2D eigenvalue weighted by Crippen LogP contribution is 2.01. The molecule has 0 heterocycles. The average molecular weight is 203 g/mol. The van der Waals surface area contributed by atoms with E-state index >= 15 is 0 Å². The fourth-order valence-corrected chi connectivity index (χ4v) is 1.39. The van der Waals surface area contributed by atoms with E-state index in [9.17, 15) is 0 Å². The zero-order valence-electron chi connectivity index (χ0n) is 9.75. The van der Waals surface area contributed by atoms with Gasteiger partial charge in [0.2, 0.25) is 0 Å². The second kappa shape index (κ2) is 9.44. The maximum Gasteiger partial charge on any atom is 0.0615 e. The highest BCUT2D eigenvalue weighted by Gasteiger charge is 2.06. The van der Waals surface area contributed by atoms with Gasteiger partial charge < -0.3 is 15.2 Å². The Labute approximate surface area is 87.8 Å². The van der Waals surface area contributed by atoms with E-state index in [1.165, 1.54) is 12.8 Å². The van der Waals surface area contributed by atoms with Crippen molar-refractivity contribution in [3.05, 3.63) is 0 Å². The molecule has 0 aromatic rings. The summed E-state index contributed by atoms with van der Waals surface area (Å²) < 4.78 is 5.13. The predicted molar refractivity (Wildman–Crippen MR) is 59.5 cm³/mol. The molecule has 0 aliphatic rings. The Bertz CT molecular complexity index is 118. The van der Waals surface area contributed by atoms with Crippen LogP contribution in [0.5, 0.6) is 0 Å². The van der Waals surface area contributed by atoms with Gasteiger partial charge in [-0.25, -0.2) is 0 Å². The van der Waals surface area contributed by atoms with Crippen LogP contribution in [0.3, 0.4) is 0 Å². The predicted octanol–water partition coefficient (Wildman–Crippen LogP) is 1.55. The van der Waals surface area contributed by atoms with Crippen LogP contribution in [0.15, 0.2) is 0 Å². The lowest BCUT2D eigenvalue weighted by Crippen LogP contribution is -2.34. The Morgan fingerprint density at radius 3 is 2.57 bits per heavy atom. The Morgan fingerprint density at radius 1 is 1.36 bits per heavy atom. The molecule has 0 fully saturated rings. The smallest absolute Gasteiger partial charge is 0.0615 e. The van der Waals surface area contributed by atoms with Crippen molar-refractivity contribution in [3.8, 4) is 0 Å². The summed E-state index contributed by atoms with van der Waals surface area (Å²) in [7, 11) is 1.73. The molecule has 0 saturated carbocycles. The number of rotatable bonds is 9. The van der Waals surface area contributed by atoms with E-state index in [0.717, 1.165) is 26.0 Å². The number of aliphatic hydroxyl groups is 1. The SMILES string of the molecule is CCCCC(COC)NCCC(C)O. The fraction of sp³-hybridized carbons (Fsp3) is 1.00. The van der Waals surface area contributed by atoms with E-state index < -0.39 is 0 Å². The van der Waals surface area contributed by atoms with Gasteiger partial charge in [0.25, 0.3) is 0 Å². The van der Waals surface area contributed by atoms with Gasteiger partial charge in [-0.1, -0.05) is 19.8 Å². The molecule has 2 unspecified atom stereocenters. The fourth-order valence-electron chi connectivity index (χ4n) is 1.39. The molecule has 14 heavy (non-hydrogen) atoms. The zero-order chi connectivity index (χ0) is 10.8. The van der Waals surface area contributed by atoms with Crippen LogP contribution in [0.2, 0.25) is 0 Å². The molecule has 0 aliphatic heterocycles. The molecule has 0 spiro atoms. The molecule has 0 saturated heterocycles. The normalized spacial score (nSPS) is 15.4. The Hall–Kier alpha value is -0.120. The molecule has 86 valence electrons. The molecule has 3 heteroatoms. The van der Waals surface area contributed by atoms with Crippen LogP contribution in [0.4, 0.5) is 0 Å². The summed E-state index contributed by atoms with van der Waals surface area (Å²) in [6.45, 7) is 5.65. The van der Waals surface area contributed by atoms with E-state index in [1.807, 2.05) is 6.92 Å². The van der Waals surface area contributed by atoms with Crippen molar-refractivity contribution in [3.63, 3.8) is 0 Å². The summed E-state index contributed by atoms with van der Waals surface area (Å²) in [5, 5.41) is 12.5. The van der Waals surface area contributed by atoms with E-state index in [1.54, 1.807) is 7.11 Å². The molecule has 3 nitrogen and oxygen atoms in total. The van der Waals surface area contributed by atoms with E-state index in [2.05, 4.69) is 12.2 Å². The van der Waals surface area contributed by atoms with Gasteiger partial charge >= 0.3 is 0 Å². The number of unbranched alkanes of at least 4 members (excludes halogenated alkanes) is 1. The standard InChI is InChI=1S/C11H25NO2/c1-4-5-6-11(9-14-3)12-8-7-10(2)13/h10-13H,4-9H2,1-3H3. The summed E-state index contributed by atoms with van der Waals surface area (Å²) in [5.41, 5.74) is 0. The first-order chi connectivity index (χ1) is 6.70. The van der Waals surface area contributed by atoms with Gasteiger partial charge in [-0.2, -0.15) is 0 Å². The Kier molecular flexibility index (Phi) is 9.35. The monoisotopic (exact) mass is 203 g/mol. The van der Waals surface area contributed by atoms with E-state index in [4.69, 9.17) is 9.84 Å². The summed E-state index contributed by atoms with van der Waals surface area (Å²) in [5.74, 6) is 0. The van der Waals surface area contributed by atoms with Crippen molar-refractivity contribution >= 4 is 0 Å². The van der Waals surface area contributed by atoms with Crippen molar-refractivity contribution in [1.29, 1.82) is 0 Å². The van der Waals surface area contributed by atoms with Crippen molar-refractivity contribution in [2.75, 3.05) is 20.3 Å². The summed E-state index contributed by atoms with van der Waals surface area (Å²) in [6.07, 6.45) is 4.21. The molecule has 0 amide bonds. The van der Waals surface area contributed by atoms with Crippen LogP contribution in [0.1, 0.15) is 39.5 Å².